The van der Waals surface area contributed by atoms with Crippen molar-refractivity contribution in [3.63, 3.8) is 0 Å². The first kappa shape index (κ1) is 31.0. The summed E-state index contributed by atoms with van der Waals surface area (Å²) in [5, 5.41) is 34.2. The number of hydrogen-bond donors (Lipinski definition) is 9. The molecule has 0 bridgehead atoms. The molecule has 0 aliphatic heterocycles. The van der Waals surface area contributed by atoms with E-state index in [0.717, 1.165) is 0 Å². The van der Waals surface area contributed by atoms with Crippen LogP contribution in [0.25, 0.3) is 0 Å². The lowest BCUT2D eigenvalue weighted by atomic mass is 10.1. The molecule has 1 aromatic rings. The largest absolute Gasteiger partial charge is 0.481 e. The van der Waals surface area contributed by atoms with E-state index >= 15 is 0 Å². The molecule has 3 amide bonds. The van der Waals surface area contributed by atoms with Crippen LogP contribution in [0.15, 0.2) is 12.5 Å². The maximum absolute atomic E-state index is 13.0. The molecular formula is C21H33N7O9. The fourth-order valence-corrected chi connectivity index (χ4v) is 3.19. The van der Waals surface area contributed by atoms with Crippen LogP contribution in [-0.4, -0.2) is 91.6 Å². The average Bonchev–Trinajstić information content (AvgIpc) is 3.33. The summed E-state index contributed by atoms with van der Waals surface area (Å²) in [5.74, 6) is -6.79. The van der Waals surface area contributed by atoms with E-state index in [-0.39, 0.29) is 25.7 Å². The lowest BCUT2D eigenvalue weighted by molar-refractivity contribution is -0.144. The molecule has 0 spiro atoms. The van der Waals surface area contributed by atoms with E-state index in [1.54, 1.807) is 0 Å². The normalized spacial score (nSPS) is 14.0. The van der Waals surface area contributed by atoms with Crippen molar-refractivity contribution in [1.29, 1.82) is 0 Å². The van der Waals surface area contributed by atoms with Crippen LogP contribution in [0.4, 0.5) is 0 Å². The average molecular weight is 528 g/mol. The van der Waals surface area contributed by atoms with E-state index in [2.05, 4.69) is 25.9 Å². The summed E-state index contributed by atoms with van der Waals surface area (Å²) in [7, 11) is 0. The third-order valence-electron chi connectivity index (χ3n) is 5.19. The van der Waals surface area contributed by atoms with Gasteiger partial charge in [-0.15, -0.1) is 0 Å². The number of H-pyrrole nitrogens is 1. The highest BCUT2D eigenvalue weighted by Gasteiger charge is 2.32. The van der Waals surface area contributed by atoms with Gasteiger partial charge in [-0.05, 0) is 32.2 Å². The Labute approximate surface area is 211 Å². The topological polar surface area (TPSA) is 280 Å². The standard InChI is InChI=1S/C21H33N7O9/c22-6-2-1-3-13(21(36)37)26-20(35)15(8-17(31)32)28-19(34)14(7-11-9-24-10-25-11)27-18(33)12(23)4-5-16(29)30/h9-10,12-15H,1-8,22-23H2,(H,24,25)(H,26,35)(H,27,33)(H,28,34)(H,29,30)(H,31,32)(H,36,37). The van der Waals surface area contributed by atoms with Gasteiger partial charge < -0.3 is 47.7 Å². The lowest BCUT2D eigenvalue weighted by Crippen LogP contribution is -2.58. The predicted molar refractivity (Wildman–Crippen MR) is 126 cm³/mol. The van der Waals surface area contributed by atoms with Crippen molar-refractivity contribution in [2.45, 2.75) is 69.1 Å². The van der Waals surface area contributed by atoms with E-state index in [1.807, 2.05) is 0 Å². The summed E-state index contributed by atoms with van der Waals surface area (Å²) in [6.07, 6.45) is 2.03. The van der Waals surface area contributed by atoms with Crippen LogP contribution in [0.2, 0.25) is 0 Å². The first-order valence-electron chi connectivity index (χ1n) is 11.4. The van der Waals surface area contributed by atoms with Crippen LogP contribution >= 0.6 is 0 Å². The van der Waals surface area contributed by atoms with Gasteiger partial charge >= 0.3 is 17.9 Å². The number of carbonyl (C=O) groups excluding carboxylic acids is 3. The summed E-state index contributed by atoms with van der Waals surface area (Å²) in [5.41, 5.74) is 11.5. The number of carbonyl (C=O) groups is 6. The zero-order valence-corrected chi connectivity index (χ0v) is 20.0. The van der Waals surface area contributed by atoms with Crippen LogP contribution < -0.4 is 27.4 Å². The quantitative estimate of drug-likeness (QED) is 0.0881. The van der Waals surface area contributed by atoms with Gasteiger partial charge in [0.25, 0.3) is 0 Å². The molecular weight excluding hydrogens is 494 g/mol. The fraction of sp³-hybridized carbons (Fsp3) is 0.571. The molecule has 16 nitrogen and oxygen atoms in total. The smallest absolute Gasteiger partial charge is 0.326 e. The first-order chi connectivity index (χ1) is 17.4. The molecule has 4 atom stereocenters. The van der Waals surface area contributed by atoms with Crippen molar-refractivity contribution < 1.29 is 44.1 Å². The van der Waals surface area contributed by atoms with Crippen molar-refractivity contribution in [2.24, 2.45) is 11.5 Å². The number of imidazole rings is 1. The molecule has 206 valence electrons. The molecule has 0 fully saturated rings. The van der Waals surface area contributed by atoms with Crippen LogP contribution in [-0.2, 0) is 35.2 Å². The maximum atomic E-state index is 13.0. The van der Waals surface area contributed by atoms with Gasteiger partial charge in [-0.1, -0.05) is 0 Å². The number of nitrogens with two attached hydrogens (primary N) is 2. The number of carboxylic acids is 3. The molecule has 1 aromatic heterocycles. The first-order valence-corrected chi connectivity index (χ1v) is 11.4. The van der Waals surface area contributed by atoms with E-state index in [1.165, 1.54) is 12.5 Å². The van der Waals surface area contributed by atoms with Crippen molar-refractivity contribution in [3.8, 4) is 0 Å². The number of amides is 3. The zero-order chi connectivity index (χ0) is 28.0. The highest BCUT2D eigenvalue weighted by Crippen LogP contribution is 2.06. The van der Waals surface area contributed by atoms with Crippen molar-refractivity contribution in [2.75, 3.05) is 6.54 Å². The number of nitrogens with one attached hydrogen (secondary N) is 4. The Kier molecular flexibility index (Phi) is 13.3. The van der Waals surface area contributed by atoms with E-state index < -0.39 is 66.2 Å². The predicted octanol–water partition coefficient (Wildman–Crippen LogP) is -2.71. The summed E-state index contributed by atoms with van der Waals surface area (Å²) in [4.78, 5) is 78.3. The molecule has 0 saturated heterocycles. The minimum absolute atomic E-state index is 0.0404. The number of aromatic nitrogens is 2. The number of carboxylic acid groups (broad SMARTS) is 3. The molecule has 4 unspecified atom stereocenters. The monoisotopic (exact) mass is 527 g/mol. The minimum Gasteiger partial charge on any atom is -0.481 e. The number of rotatable bonds is 18. The number of nitrogens with zero attached hydrogens (tertiary/aromatic N) is 1. The summed E-state index contributed by atoms with van der Waals surface area (Å²) in [6, 6.07) is -5.60. The van der Waals surface area contributed by atoms with Crippen LogP contribution in [0.3, 0.4) is 0 Å². The molecule has 0 aromatic carbocycles. The molecule has 0 saturated carbocycles. The van der Waals surface area contributed by atoms with Gasteiger partial charge in [-0.3, -0.25) is 24.0 Å². The van der Waals surface area contributed by atoms with Gasteiger partial charge in [-0.2, -0.15) is 0 Å². The third-order valence-corrected chi connectivity index (χ3v) is 5.19. The number of unbranched alkanes of at least 4 members (excludes halogenated alkanes) is 1. The van der Waals surface area contributed by atoms with Crippen molar-refractivity contribution in [1.82, 2.24) is 25.9 Å². The Morgan fingerprint density at radius 3 is 2.03 bits per heavy atom. The number of hydrogen-bond acceptors (Lipinski definition) is 9. The van der Waals surface area contributed by atoms with E-state index in [4.69, 9.17) is 16.6 Å². The van der Waals surface area contributed by atoms with Gasteiger partial charge in [0, 0.05) is 24.7 Å². The summed E-state index contributed by atoms with van der Waals surface area (Å²) < 4.78 is 0. The lowest BCUT2D eigenvalue weighted by Gasteiger charge is -2.24. The van der Waals surface area contributed by atoms with Gasteiger partial charge in [0.2, 0.25) is 17.7 Å². The highest BCUT2D eigenvalue weighted by molar-refractivity contribution is 5.95. The van der Waals surface area contributed by atoms with Gasteiger partial charge in [-0.25, -0.2) is 9.78 Å². The molecule has 11 N–H and O–H groups in total. The van der Waals surface area contributed by atoms with Crippen molar-refractivity contribution in [3.05, 3.63) is 18.2 Å². The van der Waals surface area contributed by atoms with E-state index in [0.29, 0.717) is 25.1 Å². The van der Waals surface area contributed by atoms with E-state index in [9.17, 15) is 39.0 Å². The van der Waals surface area contributed by atoms with Crippen LogP contribution in [0, 0.1) is 0 Å². The Bertz CT molecular complexity index is 939. The summed E-state index contributed by atoms with van der Waals surface area (Å²) in [6.45, 7) is 0.321. The second-order valence-corrected chi connectivity index (χ2v) is 8.22. The molecule has 0 radical (unpaired) electrons. The summed E-state index contributed by atoms with van der Waals surface area (Å²) >= 11 is 0. The maximum Gasteiger partial charge on any atom is 0.326 e. The van der Waals surface area contributed by atoms with Crippen molar-refractivity contribution >= 4 is 35.6 Å². The van der Waals surface area contributed by atoms with Gasteiger partial charge in [0.05, 0.1) is 18.8 Å². The van der Waals surface area contributed by atoms with Gasteiger partial charge in [0.15, 0.2) is 0 Å². The Morgan fingerprint density at radius 2 is 1.49 bits per heavy atom. The fourth-order valence-electron chi connectivity index (χ4n) is 3.19. The van der Waals surface area contributed by atoms with Crippen LogP contribution in [0.1, 0.15) is 44.2 Å². The molecule has 1 rings (SSSR count). The molecule has 1 heterocycles. The second kappa shape index (κ2) is 15.8. The molecule has 0 aliphatic carbocycles. The van der Waals surface area contributed by atoms with Gasteiger partial charge in [0.1, 0.15) is 18.1 Å². The molecule has 37 heavy (non-hydrogen) atoms. The van der Waals surface area contributed by atoms with Crippen LogP contribution in [0.5, 0.6) is 0 Å². The third kappa shape index (κ3) is 12.0. The second-order valence-electron chi connectivity index (χ2n) is 8.22. The number of aromatic amines is 1. The number of aliphatic carboxylic acids is 3. The Morgan fingerprint density at radius 1 is 0.865 bits per heavy atom. The SMILES string of the molecule is NCCCCC(NC(=O)C(CC(=O)O)NC(=O)C(Cc1cnc[nH]1)NC(=O)C(N)CCC(=O)O)C(=O)O. The molecule has 16 heteroatoms. The molecule has 0 aliphatic rings. The minimum atomic E-state index is -1.66. The zero-order valence-electron chi connectivity index (χ0n) is 20.0. The Hall–Kier alpha value is -4.05. The highest BCUT2D eigenvalue weighted by atomic mass is 16.4. The Balaban J connectivity index is 3.01.